The molecule has 4 rings (SSSR count). The van der Waals surface area contributed by atoms with Gasteiger partial charge >= 0.3 is 5.97 Å². The summed E-state index contributed by atoms with van der Waals surface area (Å²) in [6.07, 6.45) is 5.89. The Bertz CT molecular complexity index is 935. The van der Waals surface area contributed by atoms with Crippen molar-refractivity contribution >= 4 is 22.6 Å². The van der Waals surface area contributed by atoms with Crippen LogP contribution in [0.1, 0.15) is 52.9 Å². The van der Waals surface area contributed by atoms with E-state index in [9.17, 15) is 4.79 Å². The number of carboxylic acids is 1. The predicted molar refractivity (Wildman–Crippen MR) is 105 cm³/mol. The van der Waals surface area contributed by atoms with Crippen LogP contribution in [0, 0.1) is 6.92 Å². The molecule has 1 heterocycles. The van der Waals surface area contributed by atoms with E-state index >= 15 is 0 Å². The highest BCUT2D eigenvalue weighted by Gasteiger charge is 2.16. The van der Waals surface area contributed by atoms with Crippen molar-refractivity contribution in [3.05, 3.63) is 64.8 Å². The third-order valence-corrected chi connectivity index (χ3v) is 5.24. The molecular weight excluding hydrogens is 324 g/mol. The maximum Gasteiger partial charge on any atom is 0.335 e. The second-order valence-electron chi connectivity index (χ2n) is 7.38. The number of carbonyl (C=O) groups is 1. The number of aromatic carboxylic acids is 1. The van der Waals surface area contributed by atoms with Gasteiger partial charge in [0.2, 0.25) is 0 Å². The largest absolute Gasteiger partial charge is 0.478 e. The zero-order chi connectivity index (χ0) is 18.1. The minimum atomic E-state index is -0.889. The number of aromatic nitrogens is 1. The zero-order valence-electron chi connectivity index (χ0n) is 15.0. The number of benzene rings is 2. The monoisotopic (exact) mass is 348 g/mol. The molecule has 1 fully saturated rings. The number of nitrogens with one attached hydrogen (secondary N) is 2. The third-order valence-electron chi connectivity index (χ3n) is 5.24. The number of aryl methyl sites for hydroxylation is 1. The van der Waals surface area contributed by atoms with E-state index < -0.39 is 5.97 Å². The van der Waals surface area contributed by atoms with Crippen LogP contribution in [0.3, 0.4) is 0 Å². The molecule has 0 bridgehead atoms. The molecule has 2 aromatic carbocycles. The van der Waals surface area contributed by atoms with E-state index in [1.807, 2.05) is 12.1 Å². The summed E-state index contributed by atoms with van der Waals surface area (Å²) in [6.45, 7) is 2.14. The quantitative estimate of drug-likeness (QED) is 0.599. The van der Waals surface area contributed by atoms with E-state index in [4.69, 9.17) is 5.11 Å². The van der Waals surface area contributed by atoms with Gasteiger partial charge in [-0.25, -0.2) is 4.79 Å². The van der Waals surface area contributed by atoms with Crippen molar-refractivity contribution in [2.75, 3.05) is 5.32 Å². The van der Waals surface area contributed by atoms with Crippen LogP contribution in [0.4, 0.5) is 5.69 Å². The number of rotatable bonds is 5. The van der Waals surface area contributed by atoms with Crippen LogP contribution in [0.5, 0.6) is 0 Å². The normalized spacial score (nSPS) is 14.8. The summed E-state index contributed by atoms with van der Waals surface area (Å²) >= 11 is 0. The average molecular weight is 348 g/mol. The maximum atomic E-state index is 11.0. The molecule has 26 heavy (non-hydrogen) atoms. The summed E-state index contributed by atoms with van der Waals surface area (Å²) in [4.78, 5) is 14.6. The molecule has 4 heteroatoms. The molecule has 0 atom stereocenters. The lowest BCUT2D eigenvalue weighted by Crippen LogP contribution is -2.14. The Hall–Kier alpha value is -2.75. The lowest BCUT2D eigenvalue weighted by Gasteiger charge is -2.15. The van der Waals surface area contributed by atoms with E-state index in [0.29, 0.717) is 11.6 Å². The molecule has 1 saturated carbocycles. The zero-order valence-corrected chi connectivity index (χ0v) is 15.0. The molecule has 134 valence electrons. The van der Waals surface area contributed by atoms with Crippen LogP contribution in [0.2, 0.25) is 0 Å². The van der Waals surface area contributed by atoms with Crippen LogP contribution in [0.15, 0.2) is 42.5 Å². The smallest absolute Gasteiger partial charge is 0.335 e. The fraction of sp³-hybridized carbons (Fsp3) is 0.318. The second kappa shape index (κ2) is 6.87. The number of carboxylic acid groups (broad SMARTS) is 1. The number of hydrogen-bond donors (Lipinski definition) is 3. The Morgan fingerprint density at radius 2 is 1.88 bits per heavy atom. The van der Waals surface area contributed by atoms with E-state index in [2.05, 4.69) is 35.4 Å². The molecule has 1 aliphatic carbocycles. The first kappa shape index (κ1) is 16.7. The first-order valence-electron chi connectivity index (χ1n) is 9.29. The molecule has 3 N–H and O–H groups in total. The Morgan fingerprint density at radius 3 is 2.58 bits per heavy atom. The summed E-state index contributed by atoms with van der Waals surface area (Å²) in [5.74, 6) is -0.889. The van der Waals surface area contributed by atoms with Gasteiger partial charge in [-0.1, -0.05) is 25.0 Å². The van der Waals surface area contributed by atoms with E-state index in [0.717, 1.165) is 17.7 Å². The SMILES string of the molecule is Cc1cc(NC2CCCC2)c2[nH]c(Cc3ccc(C(=O)O)cc3)cc2c1. The van der Waals surface area contributed by atoms with E-state index in [1.165, 1.54) is 47.8 Å². The molecule has 0 saturated heterocycles. The highest BCUT2D eigenvalue weighted by atomic mass is 16.4. The summed E-state index contributed by atoms with van der Waals surface area (Å²) in [5, 5.41) is 14.0. The first-order chi connectivity index (χ1) is 12.6. The van der Waals surface area contributed by atoms with Gasteiger partial charge in [0, 0.05) is 23.5 Å². The third kappa shape index (κ3) is 3.45. The van der Waals surface area contributed by atoms with Crippen molar-refractivity contribution in [1.29, 1.82) is 0 Å². The highest BCUT2D eigenvalue weighted by molar-refractivity contribution is 5.92. The number of fused-ring (bicyclic) bond motifs is 1. The van der Waals surface area contributed by atoms with Crippen molar-refractivity contribution in [3.8, 4) is 0 Å². The lowest BCUT2D eigenvalue weighted by molar-refractivity contribution is 0.0697. The van der Waals surface area contributed by atoms with E-state index in [1.54, 1.807) is 12.1 Å². The number of hydrogen-bond acceptors (Lipinski definition) is 2. The van der Waals surface area contributed by atoms with Crippen molar-refractivity contribution in [3.63, 3.8) is 0 Å². The Kier molecular flexibility index (Phi) is 4.41. The van der Waals surface area contributed by atoms with Gasteiger partial charge in [0.15, 0.2) is 0 Å². The lowest BCUT2D eigenvalue weighted by atomic mass is 10.1. The number of H-pyrrole nitrogens is 1. The molecule has 0 amide bonds. The first-order valence-corrected chi connectivity index (χ1v) is 9.29. The molecule has 0 spiro atoms. The van der Waals surface area contributed by atoms with Gasteiger partial charge in [-0.05, 0) is 61.2 Å². The molecule has 0 aliphatic heterocycles. The van der Waals surface area contributed by atoms with Gasteiger partial charge < -0.3 is 15.4 Å². The van der Waals surface area contributed by atoms with Gasteiger partial charge in [0.25, 0.3) is 0 Å². The summed E-state index contributed by atoms with van der Waals surface area (Å²) in [7, 11) is 0. The van der Waals surface area contributed by atoms with Crippen LogP contribution in [-0.2, 0) is 6.42 Å². The number of aromatic amines is 1. The molecule has 4 nitrogen and oxygen atoms in total. The van der Waals surface area contributed by atoms with Crippen LogP contribution in [0.25, 0.3) is 10.9 Å². The standard InChI is InChI=1S/C22H24N2O2/c1-14-10-17-13-19(12-15-6-8-16(9-7-15)22(25)26)24-21(17)20(11-14)23-18-4-2-3-5-18/h6-11,13,18,23-24H,2-5,12H2,1H3,(H,25,26). The van der Waals surface area contributed by atoms with Crippen LogP contribution in [-0.4, -0.2) is 22.1 Å². The minimum Gasteiger partial charge on any atom is -0.478 e. The predicted octanol–water partition coefficient (Wildman–Crippen LogP) is 5.12. The van der Waals surface area contributed by atoms with Gasteiger partial charge in [-0.15, -0.1) is 0 Å². The highest BCUT2D eigenvalue weighted by Crippen LogP contribution is 2.30. The summed E-state index contributed by atoms with van der Waals surface area (Å²) in [5.41, 5.74) is 6.18. The maximum absolute atomic E-state index is 11.0. The molecule has 3 aromatic rings. The van der Waals surface area contributed by atoms with Crippen molar-refractivity contribution < 1.29 is 9.90 Å². The fourth-order valence-corrected chi connectivity index (χ4v) is 3.94. The van der Waals surface area contributed by atoms with Crippen molar-refractivity contribution in [1.82, 2.24) is 4.98 Å². The second-order valence-corrected chi connectivity index (χ2v) is 7.38. The molecule has 0 radical (unpaired) electrons. The van der Waals surface area contributed by atoms with Crippen LogP contribution < -0.4 is 5.32 Å². The Morgan fingerprint density at radius 1 is 1.15 bits per heavy atom. The molecule has 0 unspecified atom stereocenters. The summed E-state index contributed by atoms with van der Waals surface area (Å²) < 4.78 is 0. The Labute approximate surface area is 153 Å². The number of anilines is 1. The fourth-order valence-electron chi connectivity index (χ4n) is 3.94. The van der Waals surface area contributed by atoms with Crippen molar-refractivity contribution in [2.45, 2.75) is 45.1 Å². The Balaban J connectivity index is 1.61. The summed E-state index contributed by atoms with van der Waals surface area (Å²) in [6, 6.07) is 14.3. The molecule has 1 aliphatic rings. The minimum absolute atomic E-state index is 0.323. The average Bonchev–Trinajstić information content (AvgIpc) is 3.24. The van der Waals surface area contributed by atoms with Gasteiger partial charge in [-0.3, -0.25) is 0 Å². The molecular formula is C22H24N2O2. The van der Waals surface area contributed by atoms with Gasteiger partial charge in [0.05, 0.1) is 16.8 Å². The van der Waals surface area contributed by atoms with Gasteiger partial charge in [0.1, 0.15) is 0 Å². The van der Waals surface area contributed by atoms with Crippen LogP contribution >= 0.6 is 0 Å². The topological polar surface area (TPSA) is 65.1 Å². The van der Waals surface area contributed by atoms with Crippen molar-refractivity contribution in [2.24, 2.45) is 0 Å². The van der Waals surface area contributed by atoms with Gasteiger partial charge in [-0.2, -0.15) is 0 Å². The molecule has 1 aromatic heterocycles. The van der Waals surface area contributed by atoms with E-state index in [-0.39, 0.29) is 0 Å².